The summed E-state index contributed by atoms with van der Waals surface area (Å²) >= 11 is 0. The molecule has 3 rings (SSSR count). The van der Waals surface area contributed by atoms with Gasteiger partial charge in [-0.2, -0.15) is 0 Å². The van der Waals surface area contributed by atoms with E-state index in [1.807, 2.05) is 54.9 Å². The molecule has 0 radical (unpaired) electrons. The van der Waals surface area contributed by atoms with Crippen LogP contribution < -0.4 is 5.32 Å². The lowest BCUT2D eigenvalue weighted by Gasteiger charge is -2.09. The number of anilines is 1. The highest BCUT2D eigenvalue weighted by Crippen LogP contribution is 2.23. The molecule has 0 amide bonds. The third-order valence-corrected chi connectivity index (χ3v) is 3.20. The molecule has 5 heteroatoms. The quantitative estimate of drug-likeness (QED) is 0.797. The number of hydrogen-bond donors (Lipinski definition) is 1. The lowest BCUT2D eigenvalue weighted by molar-refractivity contribution is 0.908. The van der Waals surface area contributed by atoms with E-state index >= 15 is 0 Å². The first-order valence-electron chi connectivity index (χ1n) is 6.93. The highest BCUT2D eigenvalue weighted by Gasteiger charge is 2.10. The van der Waals surface area contributed by atoms with E-state index in [2.05, 4.69) is 20.3 Å². The Kier molecular flexibility index (Phi) is 3.64. The molecule has 0 aliphatic heterocycles. The first-order valence-corrected chi connectivity index (χ1v) is 6.93. The maximum Gasteiger partial charge on any atom is 0.180 e. The predicted molar refractivity (Wildman–Crippen MR) is 83.8 cm³/mol. The number of nitrogens with one attached hydrogen (secondary N) is 1. The molecule has 0 atom stereocenters. The van der Waals surface area contributed by atoms with Crippen LogP contribution in [0.5, 0.6) is 0 Å². The maximum atomic E-state index is 4.68. The highest BCUT2D eigenvalue weighted by molar-refractivity contribution is 5.66. The second kappa shape index (κ2) is 5.75. The number of aryl methyl sites for hydroxylation is 1. The summed E-state index contributed by atoms with van der Waals surface area (Å²) in [6.07, 6.45) is 3.53. The molecule has 0 saturated carbocycles. The number of nitrogens with zero attached hydrogens (tertiary/aromatic N) is 4. The van der Waals surface area contributed by atoms with Crippen molar-refractivity contribution < 1.29 is 0 Å². The second-order valence-electron chi connectivity index (χ2n) is 4.75. The van der Waals surface area contributed by atoms with Gasteiger partial charge in [0, 0.05) is 25.2 Å². The van der Waals surface area contributed by atoms with E-state index in [0.717, 1.165) is 29.3 Å². The van der Waals surface area contributed by atoms with Gasteiger partial charge >= 0.3 is 0 Å². The fourth-order valence-electron chi connectivity index (χ4n) is 2.16. The molecule has 21 heavy (non-hydrogen) atoms. The van der Waals surface area contributed by atoms with Crippen LogP contribution in [0.15, 0.2) is 48.9 Å². The van der Waals surface area contributed by atoms with Gasteiger partial charge in [-0.15, -0.1) is 0 Å². The van der Waals surface area contributed by atoms with Crippen LogP contribution in [0.1, 0.15) is 6.92 Å². The Morgan fingerprint density at radius 1 is 1.14 bits per heavy atom. The fourth-order valence-corrected chi connectivity index (χ4v) is 2.16. The van der Waals surface area contributed by atoms with Crippen molar-refractivity contribution in [2.75, 3.05) is 11.9 Å². The van der Waals surface area contributed by atoms with E-state index in [-0.39, 0.29) is 0 Å². The smallest absolute Gasteiger partial charge is 0.180 e. The Hall–Kier alpha value is -2.69. The molecule has 0 bridgehead atoms. The Morgan fingerprint density at radius 2 is 1.95 bits per heavy atom. The first kappa shape index (κ1) is 13.3. The minimum absolute atomic E-state index is 0.673. The Bertz CT molecular complexity index is 733. The monoisotopic (exact) mass is 279 g/mol. The van der Waals surface area contributed by atoms with E-state index in [1.54, 1.807) is 12.5 Å². The molecule has 2 heterocycles. The van der Waals surface area contributed by atoms with Crippen LogP contribution in [0.2, 0.25) is 0 Å². The van der Waals surface area contributed by atoms with Gasteiger partial charge < -0.3 is 9.88 Å². The first-order chi connectivity index (χ1) is 10.3. The molecular weight excluding hydrogens is 262 g/mol. The van der Waals surface area contributed by atoms with Gasteiger partial charge in [-0.3, -0.25) is 0 Å². The van der Waals surface area contributed by atoms with E-state index in [1.165, 1.54) is 0 Å². The lowest BCUT2D eigenvalue weighted by Crippen LogP contribution is -2.04. The van der Waals surface area contributed by atoms with Gasteiger partial charge in [0.15, 0.2) is 5.82 Å². The van der Waals surface area contributed by atoms with Crippen LogP contribution in [-0.4, -0.2) is 26.1 Å². The number of imidazole rings is 1. The van der Waals surface area contributed by atoms with E-state index < -0.39 is 0 Å². The SMILES string of the molecule is CCNc1cc(-c2ccccc2)nc(-c2cncn2C)n1. The van der Waals surface area contributed by atoms with Crippen molar-refractivity contribution in [1.82, 2.24) is 19.5 Å². The Balaban J connectivity index is 2.13. The number of aromatic nitrogens is 4. The average Bonchev–Trinajstić information content (AvgIpc) is 2.94. The summed E-state index contributed by atoms with van der Waals surface area (Å²) in [5.41, 5.74) is 2.87. The molecule has 5 nitrogen and oxygen atoms in total. The molecule has 0 unspecified atom stereocenters. The summed E-state index contributed by atoms with van der Waals surface area (Å²) in [5, 5.41) is 3.26. The molecule has 0 aliphatic rings. The summed E-state index contributed by atoms with van der Waals surface area (Å²) < 4.78 is 1.92. The number of rotatable bonds is 4. The summed E-state index contributed by atoms with van der Waals surface area (Å²) in [5.74, 6) is 1.50. The lowest BCUT2D eigenvalue weighted by atomic mass is 10.1. The zero-order valence-corrected chi connectivity index (χ0v) is 12.1. The van der Waals surface area contributed by atoms with Crippen molar-refractivity contribution in [2.24, 2.45) is 7.05 Å². The van der Waals surface area contributed by atoms with E-state index in [4.69, 9.17) is 0 Å². The zero-order chi connectivity index (χ0) is 14.7. The van der Waals surface area contributed by atoms with Crippen LogP contribution in [-0.2, 0) is 7.05 Å². The average molecular weight is 279 g/mol. The van der Waals surface area contributed by atoms with Crippen LogP contribution in [0, 0.1) is 0 Å². The molecule has 2 aromatic heterocycles. The van der Waals surface area contributed by atoms with Gasteiger partial charge in [-0.1, -0.05) is 30.3 Å². The van der Waals surface area contributed by atoms with E-state index in [9.17, 15) is 0 Å². The standard InChI is InChI=1S/C16H17N5/c1-3-18-15-9-13(12-7-5-4-6-8-12)19-16(20-15)14-10-17-11-21(14)2/h4-11H,3H2,1-2H3,(H,18,19,20). The minimum Gasteiger partial charge on any atom is -0.370 e. The predicted octanol–water partition coefficient (Wildman–Crippen LogP) is 2.98. The maximum absolute atomic E-state index is 4.68. The van der Waals surface area contributed by atoms with Crippen molar-refractivity contribution in [2.45, 2.75) is 6.92 Å². The summed E-state index contributed by atoms with van der Waals surface area (Å²) in [7, 11) is 1.94. The molecule has 1 N–H and O–H groups in total. The number of benzene rings is 1. The third kappa shape index (κ3) is 2.76. The second-order valence-corrected chi connectivity index (χ2v) is 4.75. The molecule has 3 aromatic rings. The zero-order valence-electron chi connectivity index (χ0n) is 12.1. The third-order valence-electron chi connectivity index (χ3n) is 3.20. The van der Waals surface area contributed by atoms with Crippen molar-refractivity contribution in [3.05, 3.63) is 48.9 Å². The fraction of sp³-hybridized carbons (Fsp3) is 0.188. The summed E-state index contributed by atoms with van der Waals surface area (Å²) in [6, 6.07) is 12.1. The van der Waals surface area contributed by atoms with Crippen LogP contribution in [0.3, 0.4) is 0 Å². The molecule has 0 fully saturated rings. The molecular formula is C16H17N5. The normalized spacial score (nSPS) is 10.6. The van der Waals surface area contributed by atoms with Crippen molar-refractivity contribution in [1.29, 1.82) is 0 Å². The van der Waals surface area contributed by atoms with Crippen LogP contribution in [0.4, 0.5) is 5.82 Å². The highest BCUT2D eigenvalue weighted by atomic mass is 15.1. The molecule has 0 aliphatic carbocycles. The topological polar surface area (TPSA) is 55.6 Å². The number of hydrogen-bond acceptors (Lipinski definition) is 4. The van der Waals surface area contributed by atoms with Gasteiger partial charge in [0.25, 0.3) is 0 Å². The van der Waals surface area contributed by atoms with Crippen LogP contribution in [0.25, 0.3) is 22.8 Å². The molecule has 106 valence electrons. The summed E-state index contributed by atoms with van der Waals surface area (Å²) in [6.45, 7) is 2.87. The van der Waals surface area contributed by atoms with E-state index in [0.29, 0.717) is 5.82 Å². The van der Waals surface area contributed by atoms with Gasteiger partial charge in [-0.05, 0) is 6.92 Å². The molecule has 0 spiro atoms. The summed E-state index contributed by atoms with van der Waals surface area (Å²) in [4.78, 5) is 13.4. The Morgan fingerprint density at radius 3 is 2.62 bits per heavy atom. The largest absolute Gasteiger partial charge is 0.370 e. The van der Waals surface area contributed by atoms with Crippen molar-refractivity contribution >= 4 is 5.82 Å². The van der Waals surface area contributed by atoms with Gasteiger partial charge in [0.1, 0.15) is 11.5 Å². The molecule has 0 saturated heterocycles. The van der Waals surface area contributed by atoms with Gasteiger partial charge in [-0.25, -0.2) is 15.0 Å². The van der Waals surface area contributed by atoms with Crippen LogP contribution >= 0.6 is 0 Å². The Labute approximate surface area is 123 Å². The van der Waals surface area contributed by atoms with Gasteiger partial charge in [0.05, 0.1) is 18.2 Å². The molecule has 1 aromatic carbocycles. The van der Waals surface area contributed by atoms with Crippen molar-refractivity contribution in [3.63, 3.8) is 0 Å². The van der Waals surface area contributed by atoms with Crippen molar-refractivity contribution in [3.8, 4) is 22.8 Å². The van der Waals surface area contributed by atoms with Gasteiger partial charge in [0.2, 0.25) is 0 Å². The minimum atomic E-state index is 0.673.